The summed E-state index contributed by atoms with van der Waals surface area (Å²) in [7, 11) is -9.88. The largest absolute Gasteiger partial charge is 0.472 e. The predicted octanol–water partition coefficient (Wildman–Crippen LogP) is 18.4. The molecule has 0 heterocycles. The normalized spacial score (nSPS) is 14.2. The smallest absolute Gasteiger partial charge is 0.462 e. The number of hydrogen-bond donors (Lipinski definition) is 3. The highest BCUT2D eigenvalue weighted by molar-refractivity contribution is 7.47. The molecule has 17 nitrogen and oxygen atoms in total. The summed E-state index contributed by atoms with van der Waals surface area (Å²) in [6.45, 7) is 9.44. The van der Waals surface area contributed by atoms with Crippen molar-refractivity contribution < 1.29 is 80.2 Å². The van der Waals surface area contributed by atoms with E-state index in [-0.39, 0.29) is 25.7 Å². The lowest BCUT2D eigenvalue weighted by Gasteiger charge is -2.21. The van der Waals surface area contributed by atoms with Gasteiger partial charge in [0, 0.05) is 25.7 Å². The van der Waals surface area contributed by atoms with Crippen LogP contribution in [0.4, 0.5) is 0 Å². The standard InChI is InChI=1S/C66H128O17P2/c1-7-9-11-13-14-15-26-32-38-44-50-65(70)82-61(54-76-63(68)48-42-34-12-10-8-2)56-80-84(72,73)78-52-60(67)53-79-85(74,75)81-57-62(55-77-64(69)49-43-37-31-27-23-19-21-25-30-36-41-47-59(5)6)83-66(71)51-45-39-33-28-22-18-16-17-20-24-29-35-40-46-58(3)4/h58-62,67H,7-57H2,1-6H3,(H,72,73)(H,74,75)/t60-,61+,62+/m0/s1. The Balaban J connectivity index is 5.17. The summed E-state index contributed by atoms with van der Waals surface area (Å²) in [4.78, 5) is 72.1. The SMILES string of the molecule is CCCCCCCCCCCCC(=O)O[C@H](COC(=O)CCCCCCC)COP(=O)(O)OC[C@H](O)COP(=O)(O)OC[C@@H](COC(=O)CCCCCCCCCCCCCC(C)C)OC(=O)CCCCCCCCCCCCCCCC(C)C. The Bertz CT molecular complexity index is 1670. The second kappa shape index (κ2) is 58.4. The van der Waals surface area contributed by atoms with Crippen LogP contribution >= 0.6 is 15.6 Å². The summed E-state index contributed by atoms with van der Waals surface area (Å²) >= 11 is 0. The van der Waals surface area contributed by atoms with Crippen LogP contribution in [0.3, 0.4) is 0 Å². The molecule has 5 atom stereocenters. The summed E-state index contributed by atoms with van der Waals surface area (Å²) in [5.41, 5.74) is 0. The Morgan fingerprint density at radius 1 is 0.318 bits per heavy atom. The quantitative estimate of drug-likeness (QED) is 0.0222. The van der Waals surface area contributed by atoms with Gasteiger partial charge in [-0.1, -0.05) is 279 Å². The van der Waals surface area contributed by atoms with Crippen LogP contribution in [0.1, 0.15) is 330 Å². The van der Waals surface area contributed by atoms with Gasteiger partial charge in [0.1, 0.15) is 19.3 Å². The van der Waals surface area contributed by atoms with E-state index >= 15 is 0 Å². The van der Waals surface area contributed by atoms with Gasteiger partial charge in [0.25, 0.3) is 0 Å². The number of phosphoric ester groups is 2. The lowest BCUT2D eigenvalue weighted by Crippen LogP contribution is -2.30. The number of carbonyl (C=O) groups is 4. The number of carbonyl (C=O) groups excluding carboxylic acids is 4. The number of phosphoric acid groups is 2. The average molecular weight is 1260 g/mol. The lowest BCUT2D eigenvalue weighted by molar-refractivity contribution is -0.161. The van der Waals surface area contributed by atoms with Gasteiger partial charge >= 0.3 is 39.5 Å². The van der Waals surface area contributed by atoms with Crippen molar-refractivity contribution in [2.75, 3.05) is 39.6 Å². The number of hydrogen-bond acceptors (Lipinski definition) is 15. The van der Waals surface area contributed by atoms with E-state index in [1.54, 1.807) is 0 Å². The second-order valence-electron chi connectivity index (χ2n) is 24.8. The van der Waals surface area contributed by atoms with Gasteiger partial charge in [0.05, 0.1) is 26.4 Å². The van der Waals surface area contributed by atoms with Crippen molar-refractivity contribution in [1.82, 2.24) is 0 Å². The van der Waals surface area contributed by atoms with Crippen LogP contribution in [-0.2, 0) is 65.4 Å². The highest BCUT2D eigenvalue weighted by atomic mass is 31.2. The monoisotopic (exact) mass is 1250 g/mol. The zero-order valence-corrected chi connectivity index (χ0v) is 56.7. The van der Waals surface area contributed by atoms with Crippen LogP contribution in [-0.4, -0.2) is 96.7 Å². The van der Waals surface area contributed by atoms with E-state index in [0.717, 1.165) is 108 Å². The van der Waals surface area contributed by atoms with Gasteiger partial charge in [-0.2, -0.15) is 0 Å². The maximum Gasteiger partial charge on any atom is 0.472 e. The minimum absolute atomic E-state index is 0.105. The Hall–Kier alpha value is -1.94. The van der Waals surface area contributed by atoms with Gasteiger partial charge in [-0.15, -0.1) is 0 Å². The number of rotatable bonds is 65. The molecule has 3 N–H and O–H groups in total. The van der Waals surface area contributed by atoms with E-state index in [4.69, 9.17) is 37.0 Å². The van der Waals surface area contributed by atoms with Crippen LogP contribution in [0.5, 0.6) is 0 Å². The summed E-state index contributed by atoms with van der Waals surface area (Å²) < 4.78 is 67.9. The average Bonchev–Trinajstić information content (AvgIpc) is 3.51. The molecule has 0 fully saturated rings. The van der Waals surface area contributed by atoms with E-state index in [9.17, 15) is 43.2 Å². The molecule has 0 spiro atoms. The number of unbranched alkanes of at least 4 members (excludes halogenated alkanes) is 35. The molecular formula is C66H128O17P2. The number of aliphatic hydroxyl groups is 1. The van der Waals surface area contributed by atoms with Crippen molar-refractivity contribution in [2.24, 2.45) is 11.8 Å². The first-order valence-electron chi connectivity index (χ1n) is 34.5. The molecule has 0 aliphatic heterocycles. The summed E-state index contributed by atoms with van der Waals surface area (Å²) in [5, 5.41) is 10.5. The molecule has 0 radical (unpaired) electrons. The first-order valence-corrected chi connectivity index (χ1v) is 37.5. The number of ether oxygens (including phenoxy) is 4. The molecule has 0 aromatic heterocycles. The number of esters is 4. The van der Waals surface area contributed by atoms with Crippen LogP contribution in [0, 0.1) is 11.8 Å². The Morgan fingerprint density at radius 2 is 0.541 bits per heavy atom. The van der Waals surface area contributed by atoms with E-state index < -0.39 is 97.5 Å². The van der Waals surface area contributed by atoms with Gasteiger partial charge in [-0.25, -0.2) is 9.13 Å². The molecule has 0 aromatic rings. The fourth-order valence-corrected chi connectivity index (χ4v) is 11.5. The molecular weight excluding hydrogens is 1130 g/mol. The third-order valence-corrected chi connectivity index (χ3v) is 17.1. The van der Waals surface area contributed by atoms with Crippen molar-refractivity contribution in [3.63, 3.8) is 0 Å². The van der Waals surface area contributed by atoms with Crippen LogP contribution in [0.15, 0.2) is 0 Å². The summed E-state index contributed by atoms with van der Waals surface area (Å²) in [5.74, 6) is -0.583. The maximum atomic E-state index is 13.0. The highest BCUT2D eigenvalue weighted by Crippen LogP contribution is 2.45. The first-order chi connectivity index (χ1) is 40.9. The highest BCUT2D eigenvalue weighted by Gasteiger charge is 2.30. The van der Waals surface area contributed by atoms with Crippen LogP contribution in [0.25, 0.3) is 0 Å². The van der Waals surface area contributed by atoms with E-state index in [1.807, 2.05) is 0 Å². The van der Waals surface area contributed by atoms with Crippen LogP contribution < -0.4 is 0 Å². The fourth-order valence-electron chi connectivity index (χ4n) is 9.88. The van der Waals surface area contributed by atoms with E-state index in [2.05, 4.69) is 41.5 Å². The molecule has 0 aliphatic rings. The maximum absolute atomic E-state index is 13.0. The molecule has 0 aliphatic carbocycles. The van der Waals surface area contributed by atoms with Crippen LogP contribution in [0.2, 0.25) is 0 Å². The molecule has 0 rings (SSSR count). The van der Waals surface area contributed by atoms with Gasteiger partial charge in [0.15, 0.2) is 12.2 Å². The summed E-state index contributed by atoms with van der Waals surface area (Å²) in [6.07, 6.45) is 42.0. The van der Waals surface area contributed by atoms with Crippen molar-refractivity contribution in [3.8, 4) is 0 Å². The van der Waals surface area contributed by atoms with Gasteiger partial charge in [-0.05, 0) is 37.5 Å². The molecule has 0 aromatic carbocycles. The van der Waals surface area contributed by atoms with Gasteiger partial charge in [0.2, 0.25) is 0 Å². The van der Waals surface area contributed by atoms with Crippen molar-refractivity contribution in [1.29, 1.82) is 0 Å². The third kappa shape index (κ3) is 60.7. The van der Waals surface area contributed by atoms with Crippen molar-refractivity contribution >= 4 is 39.5 Å². The zero-order valence-electron chi connectivity index (χ0n) is 54.9. The van der Waals surface area contributed by atoms with Crippen molar-refractivity contribution in [3.05, 3.63) is 0 Å². The molecule has 0 amide bonds. The Labute approximate surface area is 517 Å². The Kier molecular flexibility index (Phi) is 57.1. The third-order valence-electron chi connectivity index (χ3n) is 15.2. The minimum Gasteiger partial charge on any atom is -0.462 e. The molecule has 0 saturated heterocycles. The molecule has 19 heteroatoms. The first kappa shape index (κ1) is 83.1. The van der Waals surface area contributed by atoms with E-state index in [1.165, 1.54) is 141 Å². The molecule has 85 heavy (non-hydrogen) atoms. The molecule has 0 saturated carbocycles. The molecule has 2 unspecified atom stereocenters. The topological polar surface area (TPSA) is 237 Å². The number of aliphatic hydroxyl groups excluding tert-OH is 1. The fraction of sp³-hybridized carbons (Fsp3) is 0.939. The summed E-state index contributed by atoms with van der Waals surface area (Å²) in [6, 6.07) is 0. The van der Waals surface area contributed by atoms with Crippen molar-refractivity contribution in [2.45, 2.75) is 349 Å². The molecule has 0 bridgehead atoms. The predicted molar refractivity (Wildman–Crippen MR) is 340 cm³/mol. The molecule has 504 valence electrons. The van der Waals surface area contributed by atoms with E-state index in [0.29, 0.717) is 25.7 Å². The minimum atomic E-state index is -4.95. The zero-order chi connectivity index (χ0) is 62.9. The van der Waals surface area contributed by atoms with Gasteiger partial charge in [-0.3, -0.25) is 37.3 Å². The van der Waals surface area contributed by atoms with Gasteiger partial charge < -0.3 is 33.8 Å². The second-order valence-corrected chi connectivity index (χ2v) is 27.7. The lowest BCUT2D eigenvalue weighted by atomic mass is 10.0. The Morgan fingerprint density at radius 3 is 0.800 bits per heavy atom.